The highest BCUT2D eigenvalue weighted by Crippen LogP contribution is 2.15. The second kappa shape index (κ2) is 5.36. The zero-order chi connectivity index (χ0) is 13.0. The second-order valence-corrected chi connectivity index (χ2v) is 4.25. The van der Waals surface area contributed by atoms with Gasteiger partial charge in [0.1, 0.15) is 0 Å². The van der Waals surface area contributed by atoms with E-state index in [1.54, 1.807) is 12.1 Å². The van der Waals surface area contributed by atoms with Crippen LogP contribution in [0, 0.1) is 0 Å². The van der Waals surface area contributed by atoms with Crippen LogP contribution >= 0.6 is 0 Å². The van der Waals surface area contributed by atoms with E-state index in [9.17, 15) is 4.79 Å². The minimum atomic E-state index is 0.0740. The molecule has 0 aliphatic rings. The Balaban J connectivity index is 2.01. The van der Waals surface area contributed by atoms with Gasteiger partial charge in [-0.15, -0.1) is 0 Å². The van der Waals surface area contributed by atoms with Gasteiger partial charge in [-0.05, 0) is 36.2 Å². The van der Waals surface area contributed by atoms with E-state index < -0.39 is 0 Å². The zero-order valence-corrected chi connectivity index (χ0v) is 10.1. The second-order valence-electron chi connectivity index (χ2n) is 4.25. The maximum atomic E-state index is 12.0. The van der Waals surface area contributed by atoms with Crippen LogP contribution in [0.25, 0.3) is 0 Å². The summed E-state index contributed by atoms with van der Waals surface area (Å²) in [7, 11) is 0. The number of Topliss-reactive ketones (excluding diaryl/α,β-unsaturated/α-hetero) is 1. The molecule has 0 bridgehead atoms. The van der Waals surface area contributed by atoms with E-state index in [-0.39, 0.29) is 5.78 Å². The average Bonchev–Trinajstić information content (AvgIpc) is 2.38. The van der Waals surface area contributed by atoms with Gasteiger partial charge in [-0.1, -0.05) is 24.3 Å². The van der Waals surface area contributed by atoms with Crippen LogP contribution in [0.3, 0.4) is 0 Å². The van der Waals surface area contributed by atoms with Crippen LogP contribution < -0.4 is 11.5 Å². The Kier molecular flexibility index (Phi) is 3.63. The van der Waals surface area contributed by atoms with E-state index >= 15 is 0 Å². The molecule has 92 valence electrons. The molecule has 2 aromatic rings. The maximum absolute atomic E-state index is 12.0. The number of benzene rings is 2. The van der Waals surface area contributed by atoms with Crippen molar-refractivity contribution in [1.82, 2.24) is 0 Å². The summed E-state index contributed by atoms with van der Waals surface area (Å²) in [6.45, 7) is 0. The number of ketones is 1. The molecule has 4 N–H and O–H groups in total. The molecule has 2 aromatic carbocycles. The maximum Gasteiger partial charge on any atom is 0.165 e. The number of para-hydroxylation sites is 1. The van der Waals surface area contributed by atoms with Gasteiger partial charge in [-0.2, -0.15) is 0 Å². The first kappa shape index (κ1) is 12.2. The first-order valence-corrected chi connectivity index (χ1v) is 5.89. The summed E-state index contributed by atoms with van der Waals surface area (Å²) in [5.41, 5.74) is 14.4. The van der Waals surface area contributed by atoms with Crippen molar-refractivity contribution in [3.05, 3.63) is 59.7 Å². The minimum Gasteiger partial charge on any atom is -0.399 e. The molecule has 0 spiro atoms. The lowest BCUT2D eigenvalue weighted by Crippen LogP contribution is -2.04. The lowest BCUT2D eigenvalue weighted by atomic mass is 10.0. The normalized spacial score (nSPS) is 10.2. The highest BCUT2D eigenvalue weighted by molar-refractivity contribution is 6.00. The van der Waals surface area contributed by atoms with Crippen LogP contribution in [0.4, 0.5) is 11.4 Å². The number of hydrogen-bond acceptors (Lipinski definition) is 3. The zero-order valence-electron chi connectivity index (χ0n) is 10.1. The molecule has 0 heterocycles. The molecule has 0 saturated carbocycles. The molecule has 0 fully saturated rings. The van der Waals surface area contributed by atoms with E-state index in [0.717, 1.165) is 11.3 Å². The van der Waals surface area contributed by atoms with Gasteiger partial charge in [0.2, 0.25) is 0 Å². The molecule has 2 rings (SSSR count). The van der Waals surface area contributed by atoms with Crippen molar-refractivity contribution in [3.63, 3.8) is 0 Å². The average molecular weight is 240 g/mol. The number of aryl methyl sites for hydroxylation is 1. The van der Waals surface area contributed by atoms with Crippen LogP contribution in [-0.4, -0.2) is 5.78 Å². The Bertz CT molecular complexity index is 547. The van der Waals surface area contributed by atoms with Gasteiger partial charge in [0, 0.05) is 23.4 Å². The summed E-state index contributed by atoms with van der Waals surface area (Å²) < 4.78 is 0. The number of nitrogens with two attached hydrogens (primary N) is 2. The standard InChI is InChI=1S/C15H16N2O/c16-12-8-5-11(6-9-12)7-10-15(18)13-3-1-2-4-14(13)17/h1-6,8-9H,7,10,16-17H2. The third kappa shape index (κ3) is 2.88. The molecular weight excluding hydrogens is 224 g/mol. The van der Waals surface area contributed by atoms with Gasteiger partial charge >= 0.3 is 0 Å². The molecule has 3 nitrogen and oxygen atoms in total. The van der Waals surface area contributed by atoms with Crippen molar-refractivity contribution >= 4 is 17.2 Å². The third-order valence-corrected chi connectivity index (χ3v) is 2.88. The van der Waals surface area contributed by atoms with Gasteiger partial charge in [0.25, 0.3) is 0 Å². The van der Waals surface area contributed by atoms with Crippen LogP contribution in [-0.2, 0) is 6.42 Å². The summed E-state index contributed by atoms with van der Waals surface area (Å²) in [5.74, 6) is 0.0740. The third-order valence-electron chi connectivity index (χ3n) is 2.88. The molecule has 0 saturated heterocycles. The molecule has 0 radical (unpaired) electrons. The Morgan fingerprint density at radius 3 is 2.28 bits per heavy atom. The van der Waals surface area contributed by atoms with E-state index in [1.165, 1.54) is 0 Å². The quantitative estimate of drug-likeness (QED) is 0.637. The van der Waals surface area contributed by atoms with Crippen LogP contribution in [0.1, 0.15) is 22.3 Å². The predicted octanol–water partition coefficient (Wildman–Crippen LogP) is 2.67. The van der Waals surface area contributed by atoms with E-state index in [2.05, 4.69) is 0 Å². The summed E-state index contributed by atoms with van der Waals surface area (Å²) in [4.78, 5) is 12.0. The van der Waals surface area contributed by atoms with Crippen molar-refractivity contribution in [2.24, 2.45) is 0 Å². The molecule has 0 aliphatic heterocycles. The van der Waals surface area contributed by atoms with Crippen molar-refractivity contribution in [1.29, 1.82) is 0 Å². The fourth-order valence-corrected chi connectivity index (χ4v) is 1.83. The fraction of sp³-hybridized carbons (Fsp3) is 0.133. The number of hydrogen-bond donors (Lipinski definition) is 2. The van der Waals surface area contributed by atoms with Crippen molar-refractivity contribution < 1.29 is 4.79 Å². The fourth-order valence-electron chi connectivity index (χ4n) is 1.83. The SMILES string of the molecule is Nc1ccc(CCC(=O)c2ccccc2N)cc1. The predicted molar refractivity (Wildman–Crippen MR) is 74.4 cm³/mol. The van der Waals surface area contributed by atoms with Gasteiger partial charge in [-0.3, -0.25) is 4.79 Å². The summed E-state index contributed by atoms with van der Waals surface area (Å²) >= 11 is 0. The van der Waals surface area contributed by atoms with Gasteiger partial charge in [0.05, 0.1) is 0 Å². The molecule has 0 atom stereocenters. The number of carbonyl (C=O) groups is 1. The minimum absolute atomic E-state index is 0.0740. The van der Waals surface area contributed by atoms with E-state index in [0.29, 0.717) is 24.1 Å². The summed E-state index contributed by atoms with van der Waals surface area (Å²) in [6.07, 6.45) is 1.16. The Morgan fingerprint density at radius 2 is 1.61 bits per heavy atom. The van der Waals surface area contributed by atoms with Gasteiger partial charge in [-0.25, -0.2) is 0 Å². The van der Waals surface area contributed by atoms with E-state index in [1.807, 2.05) is 36.4 Å². The lowest BCUT2D eigenvalue weighted by molar-refractivity contribution is 0.0983. The van der Waals surface area contributed by atoms with Crippen LogP contribution in [0.15, 0.2) is 48.5 Å². The Labute approximate surface area is 106 Å². The topological polar surface area (TPSA) is 69.1 Å². The smallest absolute Gasteiger partial charge is 0.165 e. The lowest BCUT2D eigenvalue weighted by Gasteiger charge is -2.05. The highest BCUT2D eigenvalue weighted by atomic mass is 16.1. The molecule has 0 aromatic heterocycles. The Hall–Kier alpha value is -2.29. The Morgan fingerprint density at radius 1 is 0.944 bits per heavy atom. The number of carbonyl (C=O) groups excluding carboxylic acids is 1. The summed E-state index contributed by atoms with van der Waals surface area (Å²) in [6, 6.07) is 14.7. The largest absolute Gasteiger partial charge is 0.399 e. The van der Waals surface area contributed by atoms with Gasteiger partial charge < -0.3 is 11.5 Å². The molecule has 3 heteroatoms. The molecule has 0 unspecified atom stereocenters. The summed E-state index contributed by atoms with van der Waals surface area (Å²) in [5, 5.41) is 0. The van der Waals surface area contributed by atoms with E-state index in [4.69, 9.17) is 11.5 Å². The van der Waals surface area contributed by atoms with Crippen molar-refractivity contribution in [2.75, 3.05) is 11.5 Å². The number of anilines is 2. The van der Waals surface area contributed by atoms with Crippen molar-refractivity contribution in [3.8, 4) is 0 Å². The molecule has 18 heavy (non-hydrogen) atoms. The monoisotopic (exact) mass is 240 g/mol. The molecular formula is C15H16N2O. The molecule has 0 amide bonds. The number of rotatable bonds is 4. The van der Waals surface area contributed by atoms with Crippen LogP contribution in [0.2, 0.25) is 0 Å². The highest BCUT2D eigenvalue weighted by Gasteiger charge is 2.08. The number of nitrogen functional groups attached to an aromatic ring is 2. The van der Waals surface area contributed by atoms with Crippen molar-refractivity contribution in [2.45, 2.75) is 12.8 Å². The molecule has 0 aliphatic carbocycles. The first-order valence-electron chi connectivity index (χ1n) is 5.89. The van der Waals surface area contributed by atoms with Crippen LogP contribution in [0.5, 0.6) is 0 Å². The van der Waals surface area contributed by atoms with Gasteiger partial charge in [0.15, 0.2) is 5.78 Å². The first-order chi connectivity index (χ1) is 8.66.